The summed E-state index contributed by atoms with van der Waals surface area (Å²) < 4.78 is 18.9. The average Bonchev–Trinajstić information content (AvgIpc) is 2.59. The van der Waals surface area contributed by atoms with Crippen LogP contribution in [0.1, 0.15) is 38.7 Å². The molecule has 5 heteroatoms. The van der Waals surface area contributed by atoms with Crippen molar-refractivity contribution in [2.45, 2.75) is 45.6 Å². The second kappa shape index (κ2) is 10.3. The summed E-state index contributed by atoms with van der Waals surface area (Å²) in [5.41, 5.74) is 1.03. The van der Waals surface area contributed by atoms with Crippen LogP contribution in [-0.2, 0) is 11.2 Å². The molecule has 1 fully saturated rings. The lowest BCUT2D eigenvalue weighted by Crippen LogP contribution is -2.47. The Kier molecular flexibility index (Phi) is 8.02. The molecule has 2 rings (SSSR count). The summed E-state index contributed by atoms with van der Waals surface area (Å²) in [5.74, 6) is 0.827. The Morgan fingerprint density at radius 2 is 2.12 bits per heavy atom. The highest BCUT2D eigenvalue weighted by atomic mass is 19.1. The van der Waals surface area contributed by atoms with Gasteiger partial charge in [-0.25, -0.2) is 4.39 Å². The van der Waals surface area contributed by atoms with Crippen LogP contribution in [-0.4, -0.2) is 49.7 Å². The first kappa shape index (κ1) is 18.7. The van der Waals surface area contributed by atoms with E-state index in [1.54, 1.807) is 12.1 Å². The number of nitrogens with zero attached hydrogens (tertiary/aromatic N) is 2. The van der Waals surface area contributed by atoms with Crippen LogP contribution in [0.2, 0.25) is 0 Å². The van der Waals surface area contributed by atoms with Gasteiger partial charge in [-0.1, -0.05) is 12.1 Å². The molecular formula is C19H30FN3O. The molecule has 0 bridgehead atoms. The van der Waals surface area contributed by atoms with Crippen molar-refractivity contribution in [1.82, 2.24) is 10.2 Å². The molecule has 1 aliphatic heterocycles. The summed E-state index contributed by atoms with van der Waals surface area (Å²) >= 11 is 0. The van der Waals surface area contributed by atoms with Crippen molar-refractivity contribution < 1.29 is 9.13 Å². The highest BCUT2D eigenvalue weighted by Crippen LogP contribution is 2.14. The third kappa shape index (κ3) is 6.11. The first-order valence-corrected chi connectivity index (χ1v) is 9.12. The van der Waals surface area contributed by atoms with Crippen LogP contribution < -0.4 is 5.32 Å². The zero-order valence-corrected chi connectivity index (χ0v) is 14.9. The number of benzene rings is 1. The van der Waals surface area contributed by atoms with E-state index in [1.807, 2.05) is 6.07 Å². The van der Waals surface area contributed by atoms with E-state index < -0.39 is 0 Å². The minimum absolute atomic E-state index is 0.165. The smallest absolute Gasteiger partial charge is 0.193 e. The van der Waals surface area contributed by atoms with Gasteiger partial charge in [0.15, 0.2) is 5.96 Å². The van der Waals surface area contributed by atoms with Crippen LogP contribution in [0.5, 0.6) is 0 Å². The SMILES string of the molecule is CCNC(=NCCCc1cccc(F)c1)N1CCC(OCC)CC1. The lowest BCUT2D eigenvalue weighted by molar-refractivity contribution is 0.0264. The fraction of sp³-hybridized carbons (Fsp3) is 0.632. The molecule has 1 aromatic rings. The molecule has 1 N–H and O–H groups in total. The van der Waals surface area contributed by atoms with Crippen molar-refractivity contribution in [2.75, 3.05) is 32.8 Å². The van der Waals surface area contributed by atoms with Gasteiger partial charge in [0.25, 0.3) is 0 Å². The summed E-state index contributed by atoms with van der Waals surface area (Å²) in [4.78, 5) is 7.06. The molecular weight excluding hydrogens is 305 g/mol. The Bertz CT molecular complexity index is 513. The second-order valence-electron chi connectivity index (χ2n) is 6.11. The third-order valence-corrected chi connectivity index (χ3v) is 4.25. The van der Waals surface area contributed by atoms with Gasteiger partial charge in [-0.05, 0) is 57.2 Å². The fourth-order valence-electron chi connectivity index (χ4n) is 3.06. The number of aliphatic imine (C=N–C) groups is 1. The second-order valence-corrected chi connectivity index (χ2v) is 6.11. The van der Waals surface area contributed by atoms with Crippen molar-refractivity contribution in [3.05, 3.63) is 35.6 Å². The first-order chi connectivity index (χ1) is 11.7. The van der Waals surface area contributed by atoms with Gasteiger partial charge in [0.2, 0.25) is 0 Å². The molecule has 0 radical (unpaired) electrons. The quantitative estimate of drug-likeness (QED) is 0.472. The lowest BCUT2D eigenvalue weighted by Gasteiger charge is -2.34. The van der Waals surface area contributed by atoms with E-state index in [0.717, 1.165) is 70.0 Å². The Morgan fingerprint density at radius 1 is 1.33 bits per heavy atom. The monoisotopic (exact) mass is 335 g/mol. The summed E-state index contributed by atoms with van der Waals surface area (Å²) in [7, 11) is 0. The zero-order valence-electron chi connectivity index (χ0n) is 14.9. The Balaban J connectivity index is 1.80. The van der Waals surface area contributed by atoms with Gasteiger partial charge >= 0.3 is 0 Å². The number of likely N-dealkylation sites (tertiary alicyclic amines) is 1. The average molecular weight is 335 g/mol. The van der Waals surface area contributed by atoms with Crippen LogP contribution in [0.25, 0.3) is 0 Å². The van der Waals surface area contributed by atoms with Crippen LogP contribution in [0.15, 0.2) is 29.3 Å². The van der Waals surface area contributed by atoms with Gasteiger partial charge in [0.05, 0.1) is 6.10 Å². The summed E-state index contributed by atoms with van der Waals surface area (Å²) in [6.07, 6.45) is 4.28. The molecule has 0 amide bonds. The maximum Gasteiger partial charge on any atom is 0.193 e. The predicted octanol–water partition coefficient (Wildman–Crippen LogP) is 3.22. The third-order valence-electron chi connectivity index (χ3n) is 4.25. The number of ether oxygens (including phenoxy) is 1. The molecule has 0 saturated carbocycles. The topological polar surface area (TPSA) is 36.9 Å². The van der Waals surface area contributed by atoms with E-state index in [2.05, 4.69) is 24.1 Å². The predicted molar refractivity (Wildman–Crippen MR) is 96.9 cm³/mol. The minimum atomic E-state index is -0.165. The van der Waals surface area contributed by atoms with Crippen LogP contribution >= 0.6 is 0 Å². The minimum Gasteiger partial charge on any atom is -0.378 e. The van der Waals surface area contributed by atoms with E-state index in [9.17, 15) is 4.39 Å². The molecule has 1 aliphatic rings. The van der Waals surface area contributed by atoms with E-state index >= 15 is 0 Å². The standard InChI is InChI=1S/C19H30FN3O/c1-3-21-19(23-13-10-18(11-14-23)24-4-2)22-12-6-8-16-7-5-9-17(20)15-16/h5,7,9,15,18H,3-4,6,8,10-14H2,1-2H3,(H,21,22). The number of nitrogens with one attached hydrogen (secondary N) is 1. The maximum absolute atomic E-state index is 13.2. The van der Waals surface area contributed by atoms with E-state index in [-0.39, 0.29) is 5.82 Å². The molecule has 1 aromatic carbocycles. The number of rotatable bonds is 7. The van der Waals surface area contributed by atoms with Crippen molar-refractivity contribution >= 4 is 5.96 Å². The van der Waals surface area contributed by atoms with Crippen molar-refractivity contribution in [3.8, 4) is 0 Å². The van der Waals surface area contributed by atoms with Crippen LogP contribution in [0, 0.1) is 5.82 Å². The molecule has 0 spiro atoms. The van der Waals surface area contributed by atoms with Gasteiger partial charge in [-0.2, -0.15) is 0 Å². The molecule has 1 saturated heterocycles. The number of hydrogen-bond acceptors (Lipinski definition) is 2. The zero-order chi connectivity index (χ0) is 17.2. The molecule has 0 aromatic heterocycles. The Labute approximate surface area is 145 Å². The van der Waals surface area contributed by atoms with Crippen LogP contribution in [0.4, 0.5) is 4.39 Å². The van der Waals surface area contributed by atoms with E-state index in [4.69, 9.17) is 9.73 Å². The summed E-state index contributed by atoms with van der Waals surface area (Å²) in [6.45, 7) is 8.53. The first-order valence-electron chi connectivity index (χ1n) is 9.12. The van der Waals surface area contributed by atoms with Crippen molar-refractivity contribution in [1.29, 1.82) is 0 Å². The van der Waals surface area contributed by atoms with Gasteiger partial charge < -0.3 is 15.0 Å². The van der Waals surface area contributed by atoms with Gasteiger partial charge in [-0.3, -0.25) is 4.99 Å². The molecule has 134 valence electrons. The highest BCUT2D eigenvalue weighted by Gasteiger charge is 2.21. The van der Waals surface area contributed by atoms with Crippen LogP contribution in [0.3, 0.4) is 0 Å². The Hall–Kier alpha value is -1.62. The number of guanidine groups is 1. The highest BCUT2D eigenvalue weighted by molar-refractivity contribution is 5.80. The number of hydrogen-bond donors (Lipinski definition) is 1. The van der Waals surface area contributed by atoms with Crippen molar-refractivity contribution in [3.63, 3.8) is 0 Å². The Morgan fingerprint density at radius 3 is 2.79 bits per heavy atom. The molecule has 0 atom stereocenters. The maximum atomic E-state index is 13.2. The van der Waals surface area contributed by atoms with E-state index in [1.165, 1.54) is 6.07 Å². The van der Waals surface area contributed by atoms with Gasteiger partial charge in [-0.15, -0.1) is 0 Å². The molecule has 4 nitrogen and oxygen atoms in total. The molecule has 0 aliphatic carbocycles. The fourth-order valence-corrected chi connectivity index (χ4v) is 3.06. The number of aryl methyl sites for hydroxylation is 1. The normalized spacial score (nSPS) is 16.5. The summed E-state index contributed by atoms with van der Waals surface area (Å²) in [6, 6.07) is 6.82. The van der Waals surface area contributed by atoms with Gasteiger partial charge in [0.1, 0.15) is 5.82 Å². The number of halogens is 1. The molecule has 1 heterocycles. The molecule has 24 heavy (non-hydrogen) atoms. The van der Waals surface area contributed by atoms with Crippen molar-refractivity contribution in [2.24, 2.45) is 4.99 Å². The lowest BCUT2D eigenvalue weighted by atomic mass is 10.1. The molecule has 0 unspecified atom stereocenters. The summed E-state index contributed by atoms with van der Waals surface area (Å²) in [5, 5.41) is 3.38. The van der Waals surface area contributed by atoms with E-state index in [0.29, 0.717) is 6.10 Å². The van der Waals surface area contributed by atoms with Gasteiger partial charge in [0, 0.05) is 32.8 Å². The number of piperidine rings is 1. The largest absolute Gasteiger partial charge is 0.378 e.